The number of halogens is 1. The first kappa shape index (κ1) is 23.0. The highest BCUT2D eigenvalue weighted by Crippen LogP contribution is 2.36. The molecular formula is C28H28ClN5O. The van der Waals surface area contributed by atoms with Crippen molar-refractivity contribution in [3.8, 4) is 16.9 Å². The van der Waals surface area contributed by atoms with Gasteiger partial charge in [0.15, 0.2) is 5.82 Å². The maximum absolute atomic E-state index is 13.3. The Morgan fingerprint density at radius 2 is 1.57 bits per heavy atom. The van der Waals surface area contributed by atoms with E-state index in [-0.39, 0.29) is 6.03 Å². The van der Waals surface area contributed by atoms with Crippen LogP contribution in [0.15, 0.2) is 84.9 Å². The van der Waals surface area contributed by atoms with Gasteiger partial charge in [0.2, 0.25) is 0 Å². The zero-order valence-electron chi connectivity index (χ0n) is 19.4. The van der Waals surface area contributed by atoms with Gasteiger partial charge in [-0.15, -0.1) is 0 Å². The van der Waals surface area contributed by atoms with Crippen molar-refractivity contribution in [1.29, 1.82) is 0 Å². The fourth-order valence-electron chi connectivity index (χ4n) is 4.63. The molecule has 0 bridgehead atoms. The molecule has 0 spiro atoms. The number of piperidine rings is 1. The van der Waals surface area contributed by atoms with Crippen LogP contribution < -0.4 is 11.1 Å². The van der Waals surface area contributed by atoms with Crippen LogP contribution >= 0.6 is 11.6 Å². The Hall–Kier alpha value is -3.77. The lowest BCUT2D eigenvalue weighted by atomic mass is 9.90. The van der Waals surface area contributed by atoms with E-state index in [9.17, 15) is 4.79 Å². The van der Waals surface area contributed by atoms with Crippen LogP contribution in [-0.4, -0.2) is 33.8 Å². The third-order valence-electron chi connectivity index (χ3n) is 6.55. The van der Waals surface area contributed by atoms with E-state index in [1.165, 1.54) is 5.56 Å². The minimum Gasteiger partial charge on any atom is -0.382 e. The lowest BCUT2D eigenvalue weighted by Crippen LogP contribution is -2.41. The van der Waals surface area contributed by atoms with E-state index in [1.54, 1.807) is 10.7 Å². The maximum Gasteiger partial charge on any atom is 0.322 e. The van der Waals surface area contributed by atoms with E-state index in [4.69, 9.17) is 22.4 Å². The Balaban J connectivity index is 1.36. The van der Waals surface area contributed by atoms with Crippen LogP contribution in [0.2, 0.25) is 5.02 Å². The number of aromatic nitrogens is 2. The number of hydrogen-bond donors (Lipinski definition) is 2. The maximum atomic E-state index is 13.3. The van der Waals surface area contributed by atoms with Gasteiger partial charge in [0.1, 0.15) is 11.4 Å². The van der Waals surface area contributed by atoms with Crippen LogP contribution in [-0.2, 0) is 6.42 Å². The number of likely N-dealkylation sites (tertiary alicyclic amines) is 1. The predicted molar refractivity (Wildman–Crippen MR) is 142 cm³/mol. The van der Waals surface area contributed by atoms with Crippen molar-refractivity contribution in [2.45, 2.75) is 19.3 Å². The smallest absolute Gasteiger partial charge is 0.322 e. The molecule has 3 aromatic carbocycles. The van der Waals surface area contributed by atoms with Gasteiger partial charge in [-0.2, -0.15) is 5.10 Å². The highest BCUT2D eigenvalue weighted by Gasteiger charge is 2.26. The number of nitrogens with zero attached hydrogens (tertiary/aromatic N) is 3. The van der Waals surface area contributed by atoms with Gasteiger partial charge in [0, 0.05) is 18.7 Å². The van der Waals surface area contributed by atoms with E-state index in [0.29, 0.717) is 46.9 Å². The molecule has 2 heterocycles. The topological polar surface area (TPSA) is 76.2 Å². The standard InChI is InChI=1S/C28H28ClN5O/c29-23-13-7-8-14-24(23)34-27(30)26(25(32-34)22-11-5-2-6-12-22)31-28(35)33-17-15-21(16-18-33)19-20-9-3-1-4-10-20/h1-14,21H,15-19,30H2,(H,31,35). The van der Waals surface area contributed by atoms with Crippen molar-refractivity contribution < 1.29 is 4.79 Å². The van der Waals surface area contributed by atoms with Crippen LogP contribution in [0.5, 0.6) is 0 Å². The molecule has 3 N–H and O–H groups in total. The average molecular weight is 486 g/mol. The fraction of sp³-hybridized carbons (Fsp3) is 0.214. The number of hydrogen-bond acceptors (Lipinski definition) is 3. The summed E-state index contributed by atoms with van der Waals surface area (Å²) in [5, 5.41) is 8.33. The minimum absolute atomic E-state index is 0.161. The molecule has 5 rings (SSSR count). The van der Waals surface area contributed by atoms with Gasteiger partial charge in [-0.05, 0) is 42.9 Å². The molecule has 1 aliphatic rings. The number of anilines is 2. The zero-order valence-corrected chi connectivity index (χ0v) is 20.2. The first-order valence-electron chi connectivity index (χ1n) is 11.9. The molecular weight excluding hydrogens is 458 g/mol. The van der Waals surface area contributed by atoms with Crippen molar-refractivity contribution in [2.75, 3.05) is 24.1 Å². The second-order valence-electron chi connectivity index (χ2n) is 8.89. The molecule has 7 heteroatoms. The highest BCUT2D eigenvalue weighted by atomic mass is 35.5. The summed E-state index contributed by atoms with van der Waals surface area (Å²) < 4.78 is 1.59. The van der Waals surface area contributed by atoms with E-state index in [1.807, 2.05) is 59.5 Å². The molecule has 0 radical (unpaired) electrons. The Bertz CT molecular complexity index is 1300. The normalized spacial score (nSPS) is 14.1. The number of nitrogen functional groups attached to an aromatic ring is 1. The van der Waals surface area contributed by atoms with Crippen LogP contribution in [0, 0.1) is 5.92 Å². The van der Waals surface area contributed by atoms with Crippen molar-refractivity contribution in [1.82, 2.24) is 14.7 Å². The van der Waals surface area contributed by atoms with E-state index >= 15 is 0 Å². The van der Waals surface area contributed by atoms with Crippen LogP contribution in [0.3, 0.4) is 0 Å². The molecule has 4 aromatic rings. The lowest BCUT2D eigenvalue weighted by molar-refractivity contribution is 0.182. The monoisotopic (exact) mass is 485 g/mol. The summed E-state index contributed by atoms with van der Waals surface area (Å²) in [5.41, 5.74) is 10.5. The van der Waals surface area contributed by atoms with Crippen LogP contribution in [0.4, 0.5) is 16.3 Å². The molecule has 178 valence electrons. The van der Waals surface area contributed by atoms with Crippen molar-refractivity contribution in [3.63, 3.8) is 0 Å². The highest BCUT2D eigenvalue weighted by molar-refractivity contribution is 6.32. The molecule has 1 saturated heterocycles. The Labute approximate surface area is 210 Å². The largest absolute Gasteiger partial charge is 0.382 e. The second-order valence-corrected chi connectivity index (χ2v) is 9.30. The molecule has 1 aromatic heterocycles. The number of carbonyl (C=O) groups excluding carboxylic acids is 1. The number of rotatable bonds is 5. The first-order valence-corrected chi connectivity index (χ1v) is 12.3. The Morgan fingerprint density at radius 3 is 2.26 bits per heavy atom. The van der Waals surface area contributed by atoms with Crippen LogP contribution in [0.1, 0.15) is 18.4 Å². The molecule has 35 heavy (non-hydrogen) atoms. The van der Waals surface area contributed by atoms with Gasteiger partial charge < -0.3 is 16.0 Å². The van der Waals surface area contributed by atoms with Crippen LogP contribution in [0.25, 0.3) is 16.9 Å². The molecule has 1 fully saturated rings. The second kappa shape index (κ2) is 10.2. The number of para-hydroxylation sites is 1. The lowest BCUT2D eigenvalue weighted by Gasteiger charge is -2.32. The summed E-state index contributed by atoms with van der Waals surface area (Å²) >= 11 is 6.43. The molecule has 2 amide bonds. The third-order valence-corrected chi connectivity index (χ3v) is 6.87. The van der Waals surface area contributed by atoms with Gasteiger partial charge in [0.25, 0.3) is 0 Å². The quantitative estimate of drug-likeness (QED) is 0.350. The summed E-state index contributed by atoms with van der Waals surface area (Å²) in [6.07, 6.45) is 3.00. The van der Waals surface area contributed by atoms with E-state index in [0.717, 1.165) is 24.8 Å². The van der Waals surface area contributed by atoms with Gasteiger partial charge in [-0.3, -0.25) is 0 Å². The van der Waals surface area contributed by atoms with Crippen molar-refractivity contribution in [2.24, 2.45) is 5.92 Å². The van der Waals surface area contributed by atoms with Crippen molar-refractivity contribution in [3.05, 3.63) is 95.5 Å². The van der Waals surface area contributed by atoms with Gasteiger partial charge >= 0.3 is 6.03 Å². The first-order chi connectivity index (χ1) is 17.1. The average Bonchev–Trinajstić information content (AvgIpc) is 3.21. The molecule has 0 aliphatic carbocycles. The summed E-state index contributed by atoms with van der Waals surface area (Å²) in [6, 6.07) is 27.5. The number of benzene rings is 3. The van der Waals surface area contributed by atoms with Gasteiger partial charge in [-0.1, -0.05) is 84.4 Å². The molecule has 0 unspecified atom stereocenters. The number of nitrogens with two attached hydrogens (primary N) is 1. The molecule has 0 saturated carbocycles. The molecule has 0 atom stereocenters. The Morgan fingerprint density at radius 1 is 0.943 bits per heavy atom. The van der Waals surface area contributed by atoms with Crippen molar-refractivity contribution >= 4 is 29.1 Å². The fourth-order valence-corrected chi connectivity index (χ4v) is 4.85. The summed E-state index contributed by atoms with van der Waals surface area (Å²) in [4.78, 5) is 15.1. The Kier molecular flexibility index (Phi) is 6.73. The predicted octanol–water partition coefficient (Wildman–Crippen LogP) is 6.26. The van der Waals surface area contributed by atoms with E-state index in [2.05, 4.69) is 29.6 Å². The number of carbonyl (C=O) groups is 1. The van der Waals surface area contributed by atoms with Gasteiger partial charge in [0.05, 0.1) is 10.7 Å². The molecule has 1 aliphatic heterocycles. The number of urea groups is 1. The number of nitrogens with one attached hydrogen (secondary N) is 1. The zero-order chi connectivity index (χ0) is 24.2. The summed E-state index contributed by atoms with van der Waals surface area (Å²) in [6.45, 7) is 1.42. The minimum atomic E-state index is -0.161. The van der Waals surface area contributed by atoms with E-state index < -0.39 is 0 Å². The third kappa shape index (κ3) is 5.03. The molecule has 6 nitrogen and oxygen atoms in total. The number of amides is 2. The summed E-state index contributed by atoms with van der Waals surface area (Å²) in [5.74, 6) is 0.915. The van der Waals surface area contributed by atoms with Gasteiger partial charge in [-0.25, -0.2) is 9.48 Å². The SMILES string of the molecule is Nc1c(NC(=O)N2CCC(Cc3ccccc3)CC2)c(-c2ccccc2)nn1-c1ccccc1Cl. The summed E-state index contributed by atoms with van der Waals surface area (Å²) in [7, 11) is 0.